The summed E-state index contributed by atoms with van der Waals surface area (Å²) in [5.74, 6) is 1.85. The van der Waals surface area contributed by atoms with Gasteiger partial charge in [0.05, 0.1) is 5.41 Å². The summed E-state index contributed by atoms with van der Waals surface area (Å²) in [5, 5.41) is 4.56. The first-order valence-corrected chi connectivity index (χ1v) is 21.7. The summed E-state index contributed by atoms with van der Waals surface area (Å²) in [6.45, 7) is 4.71. The summed E-state index contributed by atoms with van der Waals surface area (Å²) < 4.78 is 7.27. The average molecular weight is 792 g/mol. The Morgan fingerprint density at radius 2 is 0.855 bits per heavy atom. The van der Waals surface area contributed by atoms with E-state index in [2.05, 4.69) is 231 Å². The fraction of sp³-hybridized carbons (Fsp3) is 0.0667. The van der Waals surface area contributed by atoms with E-state index in [9.17, 15) is 0 Å². The highest BCUT2D eigenvalue weighted by atomic mass is 16.5. The largest absolute Gasteiger partial charge is 0.455 e. The van der Waals surface area contributed by atoms with E-state index < -0.39 is 5.41 Å². The zero-order valence-corrected chi connectivity index (χ0v) is 34.6. The molecule has 0 atom stereocenters. The van der Waals surface area contributed by atoms with Crippen LogP contribution in [0.1, 0.15) is 47.2 Å². The summed E-state index contributed by atoms with van der Waals surface area (Å²) >= 11 is 0. The van der Waals surface area contributed by atoms with Crippen molar-refractivity contribution in [1.29, 1.82) is 0 Å². The number of fused-ring (bicyclic) bond motifs is 16. The summed E-state index contributed by atoms with van der Waals surface area (Å²) in [6.07, 6.45) is 0. The van der Waals surface area contributed by atoms with E-state index in [0.29, 0.717) is 0 Å². The molecule has 0 saturated heterocycles. The lowest BCUT2D eigenvalue weighted by atomic mass is 9.65. The highest BCUT2D eigenvalue weighted by Crippen LogP contribution is 2.64. The SMILES string of the molecule is CC1(C)c2ccccc2-c2cc(N(c3cccc(-c4ccccc4)c3)c3ccc4c(c3)C3(c5ccccc5-4)c4ccc5ccccc5c4Oc4c3ccc3ccccc43)ccc21. The Morgan fingerprint density at radius 3 is 1.58 bits per heavy atom. The van der Waals surface area contributed by atoms with Crippen molar-refractivity contribution in [1.82, 2.24) is 0 Å². The van der Waals surface area contributed by atoms with Gasteiger partial charge in [-0.1, -0.05) is 190 Å². The molecule has 0 saturated carbocycles. The van der Waals surface area contributed by atoms with E-state index in [4.69, 9.17) is 4.74 Å². The molecule has 10 aromatic carbocycles. The maximum atomic E-state index is 7.27. The Hall–Kier alpha value is -7.68. The van der Waals surface area contributed by atoms with Crippen LogP contribution in [0.4, 0.5) is 17.1 Å². The molecule has 0 fully saturated rings. The molecular weight excluding hydrogens is 751 g/mol. The third kappa shape index (κ3) is 4.75. The fourth-order valence-corrected chi connectivity index (χ4v) is 11.3. The predicted molar refractivity (Wildman–Crippen MR) is 257 cm³/mol. The van der Waals surface area contributed by atoms with Crippen LogP contribution < -0.4 is 9.64 Å². The molecule has 1 aliphatic heterocycles. The number of hydrogen-bond donors (Lipinski definition) is 0. The van der Waals surface area contributed by atoms with Crippen LogP contribution in [0.2, 0.25) is 0 Å². The summed E-state index contributed by atoms with van der Waals surface area (Å²) in [7, 11) is 0. The van der Waals surface area contributed by atoms with Crippen LogP contribution in [0.3, 0.4) is 0 Å². The van der Waals surface area contributed by atoms with Gasteiger partial charge in [-0.25, -0.2) is 0 Å². The highest BCUT2D eigenvalue weighted by molar-refractivity contribution is 6.00. The Labute approximate surface area is 362 Å². The van der Waals surface area contributed by atoms with Gasteiger partial charge in [0.15, 0.2) is 0 Å². The first-order chi connectivity index (χ1) is 30.5. The predicted octanol–water partition coefficient (Wildman–Crippen LogP) is 15.9. The molecule has 62 heavy (non-hydrogen) atoms. The quantitative estimate of drug-likeness (QED) is 0.176. The maximum absolute atomic E-state index is 7.27. The van der Waals surface area contributed by atoms with Gasteiger partial charge in [-0.3, -0.25) is 0 Å². The van der Waals surface area contributed by atoms with Crippen LogP contribution in [0, 0.1) is 0 Å². The number of anilines is 3. The van der Waals surface area contributed by atoms with Crippen molar-refractivity contribution in [2.45, 2.75) is 24.7 Å². The molecule has 292 valence electrons. The second kappa shape index (κ2) is 12.9. The summed E-state index contributed by atoms with van der Waals surface area (Å²) in [6, 6.07) is 78.5. The lowest BCUT2D eigenvalue weighted by Gasteiger charge is -2.40. The molecule has 1 spiro atoms. The molecule has 2 aliphatic carbocycles. The van der Waals surface area contributed by atoms with E-state index in [0.717, 1.165) is 61.2 Å². The molecule has 13 rings (SSSR count). The van der Waals surface area contributed by atoms with Crippen LogP contribution in [0.25, 0.3) is 54.9 Å². The minimum atomic E-state index is -0.655. The normalized spacial score (nSPS) is 14.4. The van der Waals surface area contributed by atoms with Gasteiger partial charge in [0.25, 0.3) is 0 Å². The molecule has 0 bridgehead atoms. The zero-order chi connectivity index (χ0) is 41.2. The first-order valence-electron chi connectivity index (χ1n) is 21.7. The molecule has 0 unspecified atom stereocenters. The third-order valence-corrected chi connectivity index (χ3v) is 14.1. The van der Waals surface area contributed by atoms with Crippen molar-refractivity contribution in [3.05, 3.63) is 246 Å². The van der Waals surface area contributed by atoms with E-state index in [-0.39, 0.29) is 5.41 Å². The minimum absolute atomic E-state index is 0.0909. The molecule has 2 nitrogen and oxygen atoms in total. The molecule has 10 aromatic rings. The third-order valence-electron chi connectivity index (χ3n) is 14.1. The molecule has 0 aromatic heterocycles. The van der Waals surface area contributed by atoms with Crippen LogP contribution in [-0.4, -0.2) is 0 Å². The van der Waals surface area contributed by atoms with Gasteiger partial charge >= 0.3 is 0 Å². The van der Waals surface area contributed by atoms with Crippen molar-refractivity contribution in [3.8, 4) is 44.9 Å². The number of nitrogens with zero attached hydrogens (tertiary/aromatic N) is 1. The first kappa shape index (κ1) is 35.1. The monoisotopic (exact) mass is 791 g/mol. The lowest BCUT2D eigenvalue weighted by Crippen LogP contribution is -2.32. The second-order valence-corrected chi connectivity index (χ2v) is 17.6. The van der Waals surface area contributed by atoms with E-state index in [1.54, 1.807) is 0 Å². The average Bonchev–Trinajstić information content (AvgIpc) is 3.74. The van der Waals surface area contributed by atoms with Gasteiger partial charge in [-0.15, -0.1) is 0 Å². The molecule has 2 heteroatoms. The molecule has 0 amide bonds. The van der Waals surface area contributed by atoms with E-state index >= 15 is 0 Å². The number of hydrogen-bond acceptors (Lipinski definition) is 2. The Morgan fingerprint density at radius 1 is 0.339 bits per heavy atom. The zero-order valence-electron chi connectivity index (χ0n) is 34.6. The van der Waals surface area contributed by atoms with Gasteiger partial charge in [0, 0.05) is 44.4 Å². The molecular formula is C60H41NO. The van der Waals surface area contributed by atoms with E-state index in [1.807, 2.05) is 0 Å². The summed E-state index contributed by atoms with van der Waals surface area (Å²) in [4.78, 5) is 2.47. The van der Waals surface area contributed by atoms with Gasteiger partial charge in [0.2, 0.25) is 0 Å². The van der Waals surface area contributed by atoms with Crippen LogP contribution >= 0.6 is 0 Å². The number of ether oxygens (including phenoxy) is 1. The van der Waals surface area contributed by atoms with Gasteiger partial charge in [-0.05, 0) is 103 Å². The molecule has 0 N–H and O–H groups in total. The van der Waals surface area contributed by atoms with Crippen LogP contribution in [0.15, 0.2) is 212 Å². The van der Waals surface area contributed by atoms with Crippen molar-refractivity contribution in [2.75, 3.05) is 4.90 Å². The van der Waals surface area contributed by atoms with Crippen molar-refractivity contribution in [2.24, 2.45) is 0 Å². The topological polar surface area (TPSA) is 12.5 Å². The van der Waals surface area contributed by atoms with Crippen LogP contribution in [0.5, 0.6) is 11.5 Å². The molecule has 3 aliphatic rings. The number of benzene rings is 10. The van der Waals surface area contributed by atoms with Crippen molar-refractivity contribution >= 4 is 38.6 Å². The standard InChI is InChI=1S/C60H41NO/c1-59(2)51-25-12-10-24-48(51)50-36-43(30-34-52(50)59)61(42-20-14-19-41(35-42)38-15-4-3-5-16-38)44-29-31-49-47-23-11-13-26-53(47)60(56(49)37-44)54-32-27-39-17-6-8-21-45(39)57(54)62-58-46-22-9-7-18-40(46)28-33-55(58)60/h3-37H,1-2H3. The maximum Gasteiger partial charge on any atom is 0.140 e. The Bertz CT molecular complexity index is 3400. The Kier molecular flexibility index (Phi) is 7.31. The van der Waals surface area contributed by atoms with Crippen molar-refractivity contribution in [3.63, 3.8) is 0 Å². The Balaban J connectivity index is 1.11. The minimum Gasteiger partial charge on any atom is -0.455 e. The van der Waals surface area contributed by atoms with Crippen LogP contribution in [-0.2, 0) is 10.8 Å². The second-order valence-electron chi connectivity index (χ2n) is 17.6. The molecule has 0 radical (unpaired) electrons. The lowest BCUT2D eigenvalue weighted by molar-refractivity contribution is 0.447. The van der Waals surface area contributed by atoms with Crippen molar-refractivity contribution < 1.29 is 4.74 Å². The molecule has 1 heterocycles. The fourth-order valence-electron chi connectivity index (χ4n) is 11.3. The smallest absolute Gasteiger partial charge is 0.140 e. The highest BCUT2D eigenvalue weighted by Gasteiger charge is 2.52. The van der Waals surface area contributed by atoms with Gasteiger partial charge < -0.3 is 9.64 Å². The summed E-state index contributed by atoms with van der Waals surface area (Å²) in [5.41, 5.74) is 17.6. The van der Waals surface area contributed by atoms with Gasteiger partial charge in [0.1, 0.15) is 11.5 Å². The van der Waals surface area contributed by atoms with E-state index in [1.165, 1.54) is 55.6 Å². The number of rotatable bonds is 4. The van der Waals surface area contributed by atoms with Gasteiger partial charge in [-0.2, -0.15) is 0 Å².